The second-order valence-corrected chi connectivity index (χ2v) is 6.93. The van der Waals surface area contributed by atoms with E-state index < -0.39 is 0 Å². The Kier molecular flexibility index (Phi) is 9.06. The number of rotatable bonds is 3. The van der Waals surface area contributed by atoms with E-state index >= 15 is 0 Å². The van der Waals surface area contributed by atoms with Gasteiger partial charge in [0.15, 0.2) is 5.96 Å². The minimum atomic E-state index is 0. The third-order valence-corrected chi connectivity index (χ3v) is 3.56. The van der Waals surface area contributed by atoms with Crippen LogP contribution in [0.15, 0.2) is 4.99 Å². The minimum absolute atomic E-state index is 0. The van der Waals surface area contributed by atoms with Crippen molar-refractivity contribution in [3.8, 4) is 0 Å². The number of piperidine rings is 1. The van der Waals surface area contributed by atoms with Crippen molar-refractivity contribution in [2.45, 2.75) is 59.0 Å². The molecule has 0 spiro atoms. The number of nitrogens with zero attached hydrogens (tertiary/aromatic N) is 2. The molecule has 0 aromatic rings. The highest BCUT2D eigenvalue weighted by molar-refractivity contribution is 14.0. The van der Waals surface area contributed by atoms with E-state index in [-0.39, 0.29) is 29.5 Å². The van der Waals surface area contributed by atoms with Gasteiger partial charge in [-0.05, 0) is 59.9 Å². The van der Waals surface area contributed by atoms with Gasteiger partial charge in [0.25, 0.3) is 0 Å². The Hall–Kier alpha value is -0.0400. The van der Waals surface area contributed by atoms with Crippen LogP contribution in [0.25, 0.3) is 0 Å². The molecule has 0 radical (unpaired) electrons. The maximum atomic E-state index is 4.29. The van der Waals surface area contributed by atoms with Gasteiger partial charge in [-0.3, -0.25) is 4.99 Å². The fourth-order valence-electron chi connectivity index (χ4n) is 2.51. The Morgan fingerprint density at radius 1 is 1.35 bits per heavy atom. The first-order chi connectivity index (χ1) is 8.81. The summed E-state index contributed by atoms with van der Waals surface area (Å²) in [5, 5.41) is 6.87. The molecule has 1 rings (SSSR count). The molecule has 0 aromatic heterocycles. The number of hydrogen-bond donors (Lipinski definition) is 2. The first-order valence-electron chi connectivity index (χ1n) is 7.54. The Labute approximate surface area is 142 Å². The SMILES string of the molecule is CN=C(NCC1CCCN(C(C)C)C1)NC(C)(C)C.I. The van der Waals surface area contributed by atoms with Gasteiger partial charge in [0.2, 0.25) is 0 Å². The van der Waals surface area contributed by atoms with Crippen LogP contribution in [-0.4, -0.2) is 49.1 Å². The molecule has 1 unspecified atom stereocenters. The van der Waals surface area contributed by atoms with Gasteiger partial charge in [-0.1, -0.05) is 0 Å². The van der Waals surface area contributed by atoms with E-state index in [1.165, 1.54) is 25.9 Å². The largest absolute Gasteiger partial charge is 0.356 e. The maximum Gasteiger partial charge on any atom is 0.191 e. The van der Waals surface area contributed by atoms with Crippen molar-refractivity contribution in [2.75, 3.05) is 26.7 Å². The predicted molar refractivity (Wildman–Crippen MR) is 99.1 cm³/mol. The topological polar surface area (TPSA) is 39.7 Å². The van der Waals surface area contributed by atoms with Gasteiger partial charge in [-0.25, -0.2) is 0 Å². The Bertz CT molecular complexity index is 297. The summed E-state index contributed by atoms with van der Waals surface area (Å²) in [5.41, 5.74) is 0.0539. The average molecular weight is 396 g/mol. The molecule has 4 nitrogen and oxygen atoms in total. The lowest BCUT2D eigenvalue weighted by Crippen LogP contribution is -2.50. The standard InChI is InChI=1S/C15H32N4.HI/c1-12(2)19-9-7-8-13(11-19)10-17-14(16-6)18-15(3,4)5;/h12-13H,7-11H2,1-6H3,(H2,16,17,18);1H. The molecule has 1 fully saturated rings. The number of nitrogens with one attached hydrogen (secondary N) is 2. The molecule has 0 amide bonds. The van der Waals surface area contributed by atoms with Crippen LogP contribution in [0.2, 0.25) is 0 Å². The quantitative estimate of drug-likeness (QED) is 0.438. The molecule has 20 heavy (non-hydrogen) atoms. The van der Waals surface area contributed by atoms with Gasteiger partial charge in [0.1, 0.15) is 0 Å². The van der Waals surface area contributed by atoms with Crippen molar-refractivity contribution < 1.29 is 0 Å². The molecule has 0 aliphatic carbocycles. The third-order valence-electron chi connectivity index (χ3n) is 3.56. The van der Waals surface area contributed by atoms with E-state index in [9.17, 15) is 0 Å². The summed E-state index contributed by atoms with van der Waals surface area (Å²) in [6.07, 6.45) is 2.64. The van der Waals surface area contributed by atoms with Gasteiger partial charge < -0.3 is 15.5 Å². The fraction of sp³-hybridized carbons (Fsp3) is 0.933. The first kappa shape index (κ1) is 20.0. The van der Waals surface area contributed by atoms with Crippen molar-refractivity contribution >= 4 is 29.9 Å². The molecule has 1 atom stereocenters. The van der Waals surface area contributed by atoms with Crippen LogP contribution in [0.1, 0.15) is 47.5 Å². The number of hydrogen-bond acceptors (Lipinski definition) is 2. The number of aliphatic imine (C=N–C) groups is 1. The summed E-state index contributed by atoms with van der Waals surface area (Å²) in [6, 6.07) is 0.662. The number of guanidine groups is 1. The Morgan fingerprint density at radius 2 is 2.00 bits per heavy atom. The molecule has 120 valence electrons. The van der Waals surface area contributed by atoms with Gasteiger partial charge in [-0.15, -0.1) is 24.0 Å². The summed E-state index contributed by atoms with van der Waals surface area (Å²) < 4.78 is 0. The summed E-state index contributed by atoms with van der Waals surface area (Å²) in [5.74, 6) is 1.64. The van der Waals surface area contributed by atoms with E-state index in [4.69, 9.17) is 0 Å². The van der Waals surface area contributed by atoms with Crippen molar-refractivity contribution in [1.29, 1.82) is 0 Å². The highest BCUT2D eigenvalue weighted by Gasteiger charge is 2.22. The second kappa shape index (κ2) is 9.07. The molecular formula is C15H33IN4. The average Bonchev–Trinajstić information content (AvgIpc) is 2.33. The lowest BCUT2D eigenvalue weighted by atomic mass is 9.97. The lowest BCUT2D eigenvalue weighted by molar-refractivity contribution is 0.141. The molecule has 0 bridgehead atoms. The highest BCUT2D eigenvalue weighted by atomic mass is 127. The van der Waals surface area contributed by atoms with Gasteiger partial charge in [-0.2, -0.15) is 0 Å². The molecule has 0 saturated carbocycles. The van der Waals surface area contributed by atoms with Crippen LogP contribution < -0.4 is 10.6 Å². The number of likely N-dealkylation sites (tertiary alicyclic amines) is 1. The smallest absolute Gasteiger partial charge is 0.191 e. The summed E-state index contributed by atoms with van der Waals surface area (Å²) in [6.45, 7) is 14.5. The Morgan fingerprint density at radius 3 is 2.50 bits per heavy atom. The summed E-state index contributed by atoms with van der Waals surface area (Å²) in [7, 11) is 1.84. The molecular weight excluding hydrogens is 363 g/mol. The summed E-state index contributed by atoms with van der Waals surface area (Å²) >= 11 is 0. The zero-order valence-electron chi connectivity index (χ0n) is 14.0. The Balaban J connectivity index is 0.00000361. The van der Waals surface area contributed by atoms with E-state index in [1.807, 2.05) is 7.05 Å². The van der Waals surface area contributed by atoms with Crippen molar-refractivity contribution in [1.82, 2.24) is 15.5 Å². The second-order valence-electron chi connectivity index (χ2n) is 6.93. The van der Waals surface area contributed by atoms with E-state index in [1.54, 1.807) is 0 Å². The number of halogens is 1. The zero-order valence-corrected chi connectivity index (χ0v) is 16.3. The van der Waals surface area contributed by atoms with Crippen molar-refractivity contribution in [2.24, 2.45) is 10.9 Å². The highest BCUT2D eigenvalue weighted by Crippen LogP contribution is 2.17. The van der Waals surface area contributed by atoms with Crippen LogP contribution in [0.3, 0.4) is 0 Å². The molecule has 1 aliphatic heterocycles. The maximum absolute atomic E-state index is 4.29. The van der Waals surface area contributed by atoms with E-state index in [0.29, 0.717) is 6.04 Å². The fourth-order valence-corrected chi connectivity index (χ4v) is 2.51. The zero-order chi connectivity index (χ0) is 14.5. The predicted octanol–water partition coefficient (Wildman–Crippen LogP) is 2.69. The molecule has 5 heteroatoms. The first-order valence-corrected chi connectivity index (χ1v) is 7.54. The van der Waals surface area contributed by atoms with Crippen LogP contribution >= 0.6 is 24.0 Å². The van der Waals surface area contributed by atoms with Crippen molar-refractivity contribution in [3.05, 3.63) is 0 Å². The molecule has 1 aliphatic rings. The lowest BCUT2D eigenvalue weighted by Gasteiger charge is -2.36. The summed E-state index contributed by atoms with van der Waals surface area (Å²) in [4.78, 5) is 6.87. The van der Waals surface area contributed by atoms with E-state index in [0.717, 1.165) is 18.4 Å². The molecule has 2 N–H and O–H groups in total. The van der Waals surface area contributed by atoms with Crippen LogP contribution in [0.5, 0.6) is 0 Å². The van der Waals surface area contributed by atoms with E-state index in [2.05, 4.69) is 55.1 Å². The molecule has 0 aromatic carbocycles. The normalized spacial score (nSPS) is 21.6. The van der Waals surface area contributed by atoms with Crippen LogP contribution in [-0.2, 0) is 0 Å². The third kappa shape index (κ3) is 7.67. The molecule has 1 heterocycles. The van der Waals surface area contributed by atoms with Gasteiger partial charge >= 0.3 is 0 Å². The van der Waals surface area contributed by atoms with Crippen LogP contribution in [0, 0.1) is 5.92 Å². The van der Waals surface area contributed by atoms with Crippen molar-refractivity contribution in [3.63, 3.8) is 0 Å². The molecule has 1 saturated heterocycles. The van der Waals surface area contributed by atoms with Gasteiger partial charge in [0, 0.05) is 31.7 Å². The van der Waals surface area contributed by atoms with Gasteiger partial charge in [0.05, 0.1) is 0 Å². The monoisotopic (exact) mass is 396 g/mol. The minimum Gasteiger partial charge on any atom is -0.356 e. The van der Waals surface area contributed by atoms with Crippen LogP contribution in [0.4, 0.5) is 0 Å².